The van der Waals surface area contributed by atoms with Crippen LogP contribution >= 0.6 is 0 Å². The minimum atomic E-state index is -1.00. The van der Waals surface area contributed by atoms with E-state index in [0.717, 1.165) is 36.6 Å². The molecule has 7 heteroatoms. The van der Waals surface area contributed by atoms with Crippen LogP contribution in [0.1, 0.15) is 63.0 Å². The lowest BCUT2D eigenvalue weighted by Gasteiger charge is -2.62. The third-order valence-electron chi connectivity index (χ3n) is 8.64. The fraction of sp³-hybridized carbons (Fsp3) is 0.692. The molecule has 6 rings (SSSR count). The molecule has 2 heterocycles. The molecule has 1 aromatic carbocycles. The normalized spacial score (nSPS) is 34.1. The minimum Gasteiger partial charge on any atom is -0.477 e. The van der Waals surface area contributed by atoms with E-state index in [0.29, 0.717) is 50.4 Å². The van der Waals surface area contributed by atoms with Crippen molar-refractivity contribution in [2.75, 3.05) is 26.3 Å². The van der Waals surface area contributed by atoms with Crippen molar-refractivity contribution in [1.82, 2.24) is 4.90 Å². The number of ether oxygens (including phenoxy) is 3. The summed E-state index contributed by atoms with van der Waals surface area (Å²) < 4.78 is 17.4. The summed E-state index contributed by atoms with van der Waals surface area (Å²) in [6, 6.07) is 3.82. The van der Waals surface area contributed by atoms with Crippen molar-refractivity contribution in [3.05, 3.63) is 23.3 Å². The highest BCUT2D eigenvalue weighted by atomic mass is 16.6. The Labute approximate surface area is 194 Å². The second-order valence-corrected chi connectivity index (χ2v) is 10.5. The lowest BCUT2D eigenvalue weighted by atomic mass is 9.49. The molecule has 3 unspecified atom stereocenters. The lowest BCUT2D eigenvalue weighted by Crippen LogP contribution is -2.76. The van der Waals surface area contributed by atoms with Crippen molar-refractivity contribution in [2.24, 2.45) is 5.92 Å². The first-order valence-corrected chi connectivity index (χ1v) is 12.6. The molecular formula is C26H33NO6. The Hall–Kier alpha value is -1.96. The van der Waals surface area contributed by atoms with Crippen LogP contribution in [0.4, 0.5) is 0 Å². The predicted octanol–water partition coefficient (Wildman–Crippen LogP) is 2.54. The van der Waals surface area contributed by atoms with Crippen LogP contribution in [0.25, 0.3) is 0 Å². The largest absolute Gasteiger partial charge is 0.477 e. The number of hydrogen-bond donors (Lipinski definition) is 1. The summed E-state index contributed by atoms with van der Waals surface area (Å²) in [5.41, 5.74) is 0.295. The van der Waals surface area contributed by atoms with Gasteiger partial charge in [-0.1, -0.05) is 6.07 Å². The number of hydrogen-bond acceptors (Lipinski definition) is 7. The van der Waals surface area contributed by atoms with E-state index in [9.17, 15) is 14.7 Å². The molecule has 2 aliphatic heterocycles. The van der Waals surface area contributed by atoms with Gasteiger partial charge in [-0.2, -0.15) is 0 Å². The molecule has 0 aromatic heterocycles. The van der Waals surface area contributed by atoms with E-state index < -0.39 is 17.1 Å². The SMILES string of the molecule is CCOCCCC(=O)Oc1ccc2c3c1OC1C(=O)CC[C@@]4(O)C(C2)N(CC2CC2)CCC314. The second-order valence-electron chi connectivity index (χ2n) is 10.5. The molecule has 2 saturated carbocycles. The number of ketones is 1. The van der Waals surface area contributed by atoms with Crippen LogP contribution in [0.2, 0.25) is 0 Å². The number of piperidine rings is 1. The number of likely N-dealkylation sites (tertiary alicyclic amines) is 1. The molecular weight excluding hydrogens is 422 g/mol. The smallest absolute Gasteiger partial charge is 0.311 e. The van der Waals surface area contributed by atoms with Crippen molar-refractivity contribution in [3.8, 4) is 11.5 Å². The number of benzene rings is 1. The quantitative estimate of drug-likeness (QED) is 0.366. The number of Topliss-reactive ketones (excluding diaryl/α,β-unsaturated/α-hetero) is 1. The van der Waals surface area contributed by atoms with E-state index in [1.54, 1.807) is 6.07 Å². The topological polar surface area (TPSA) is 85.3 Å². The molecule has 3 aliphatic carbocycles. The maximum absolute atomic E-state index is 13.1. The van der Waals surface area contributed by atoms with Crippen LogP contribution in [-0.4, -0.2) is 65.8 Å². The molecule has 7 nitrogen and oxygen atoms in total. The van der Waals surface area contributed by atoms with Gasteiger partial charge in [0.25, 0.3) is 0 Å². The monoisotopic (exact) mass is 455 g/mol. The van der Waals surface area contributed by atoms with E-state index in [1.165, 1.54) is 12.8 Å². The van der Waals surface area contributed by atoms with Crippen LogP contribution in [0.15, 0.2) is 12.1 Å². The summed E-state index contributed by atoms with van der Waals surface area (Å²) in [5.74, 6) is 1.32. The third kappa shape index (κ3) is 3.12. The maximum atomic E-state index is 13.1. The summed E-state index contributed by atoms with van der Waals surface area (Å²) in [6.45, 7) is 4.95. The van der Waals surface area contributed by atoms with E-state index in [4.69, 9.17) is 14.2 Å². The third-order valence-corrected chi connectivity index (χ3v) is 8.64. The zero-order chi connectivity index (χ0) is 22.8. The summed E-state index contributed by atoms with van der Waals surface area (Å²) in [7, 11) is 0. The highest BCUT2D eigenvalue weighted by molar-refractivity contribution is 5.90. The van der Waals surface area contributed by atoms with Gasteiger partial charge < -0.3 is 19.3 Å². The first-order valence-electron chi connectivity index (χ1n) is 12.6. The Balaban J connectivity index is 1.35. The van der Waals surface area contributed by atoms with Crippen LogP contribution in [0, 0.1) is 5.92 Å². The molecule has 178 valence electrons. The molecule has 33 heavy (non-hydrogen) atoms. The van der Waals surface area contributed by atoms with Crippen molar-refractivity contribution >= 4 is 11.8 Å². The van der Waals surface area contributed by atoms with Crippen molar-refractivity contribution in [2.45, 2.75) is 81.5 Å². The van der Waals surface area contributed by atoms with Crippen LogP contribution in [-0.2, 0) is 26.2 Å². The van der Waals surface area contributed by atoms with E-state index >= 15 is 0 Å². The zero-order valence-electron chi connectivity index (χ0n) is 19.3. The average molecular weight is 456 g/mol. The molecule has 1 N–H and O–H groups in total. The number of esters is 1. The molecule has 1 saturated heterocycles. The molecule has 4 atom stereocenters. The standard InChI is InChI=1S/C26H33NO6/c1-2-31-13-3-4-21(29)32-19-8-7-17-14-20-26(30)10-9-18(28)24-25(26,22(17)23(19)33-24)11-12-27(20)15-16-5-6-16/h7-8,16,20,24,30H,2-6,9-15H2,1H3/t20?,24?,25?,26-/m1/s1. The number of carbonyl (C=O) groups is 2. The van der Waals surface area contributed by atoms with Crippen LogP contribution in [0.3, 0.4) is 0 Å². The Morgan fingerprint density at radius 3 is 2.94 bits per heavy atom. The highest BCUT2D eigenvalue weighted by Gasteiger charge is 2.73. The van der Waals surface area contributed by atoms with Crippen molar-refractivity contribution in [3.63, 3.8) is 0 Å². The first-order chi connectivity index (χ1) is 16.0. The molecule has 2 bridgehead atoms. The molecule has 0 amide bonds. The van der Waals surface area contributed by atoms with Gasteiger partial charge in [0, 0.05) is 44.2 Å². The van der Waals surface area contributed by atoms with E-state index in [1.807, 2.05) is 13.0 Å². The number of rotatable bonds is 8. The lowest BCUT2D eigenvalue weighted by molar-refractivity contribution is -0.188. The van der Waals surface area contributed by atoms with Gasteiger partial charge in [-0.15, -0.1) is 0 Å². The minimum absolute atomic E-state index is 0.00327. The van der Waals surface area contributed by atoms with Crippen LogP contribution < -0.4 is 9.47 Å². The Kier molecular flexibility index (Phi) is 5.09. The predicted molar refractivity (Wildman–Crippen MR) is 119 cm³/mol. The fourth-order valence-electron chi connectivity index (χ4n) is 6.97. The zero-order valence-corrected chi connectivity index (χ0v) is 19.3. The summed E-state index contributed by atoms with van der Waals surface area (Å²) >= 11 is 0. The Bertz CT molecular complexity index is 989. The Morgan fingerprint density at radius 1 is 1.30 bits per heavy atom. The van der Waals surface area contributed by atoms with Gasteiger partial charge in [-0.3, -0.25) is 14.5 Å². The highest BCUT2D eigenvalue weighted by Crippen LogP contribution is 2.65. The number of nitrogens with zero attached hydrogens (tertiary/aromatic N) is 1. The molecule has 3 fully saturated rings. The summed E-state index contributed by atoms with van der Waals surface area (Å²) in [5, 5.41) is 12.3. The summed E-state index contributed by atoms with van der Waals surface area (Å²) in [6.07, 6.45) is 4.92. The van der Waals surface area contributed by atoms with Crippen molar-refractivity contribution in [1.29, 1.82) is 0 Å². The fourth-order valence-corrected chi connectivity index (χ4v) is 6.97. The van der Waals surface area contributed by atoms with E-state index in [-0.39, 0.29) is 24.2 Å². The van der Waals surface area contributed by atoms with Gasteiger partial charge in [0.2, 0.25) is 0 Å². The molecule has 5 aliphatic rings. The number of carbonyl (C=O) groups excluding carboxylic acids is 2. The maximum Gasteiger partial charge on any atom is 0.311 e. The van der Waals surface area contributed by atoms with Crippen molar-refractivity contribution < 1.29 is 28.9 Å². The van der Waals surface area contributed by atoms with Gasteiger partial charge in [0.1, 0.15) is 0 Å². The molecule has 1 spiro atoms. The van der Waals surface area contributed by atoms with Gasteiger partial charge in [-0.05, 0) is 69.5 Å². The van der Waals surface area contributed by atoms with Gasteiger partial charge in [0.15, 0.2) is 23.4 Å². The first kappa shape index (κ1) is 21.6. The van der Waals surface area contributed by atoms with E-state index in [2.05, 4.69) is 4.90 Å². The second kappa shape index (κ2) is 7.79. The van der Waals surface area contributed by atoms with Gasteiger partial charge >= 0.3 is 5.97 Å². The van der Waals surface area contributed by atoms with Gasteiger partial charge in [-0.25, -0.2) is 0 Å². The van der Waals surface area contributed by atoms with Gasteiger partial charge in [0.05, 0.1) is 11.0 Å². The Morgan fingerprint density at radius 2 is 2.15 bits per heavy atom. The molecule has 1 aromatic rings. The van der Waals surface area contributed by atoms with Crippen LogP contribution in [0.5, 0.6) is 11.5 Å². The number of aliphatic hydroxyl groups is 1. The summed E-state index contributed by atoms with van der Waals surface area (Å²) in [4.78, 5) is 28.1. The molecule has 0 radical (unpaired) electrons. The average Bonchev–Trinajstić information content (AvgIpc) is 3.54.